The lowest BCUT2D eigenvalue weighted by Crippen LogP contribution is -2.49. The molecule has 0 fully saturated rings. The van der Waals surface area contributed by atoms with Gasteiger partial charge in [0, 0.05) is 11.6 Å². The van der Waals surface area contributed by atoms with E-state index in [9.17, 15) is 9.59 Å². The van der Waals surface area contributed by atoms with Crippen molar-refractivity contribution in [2.75, 3.05) is 6.61 Å². The predicted molar refractivity (Wildman–Crippen MR) is 74.2 cm³/mol. The minimum atomic E-state index is -1.05. The van der Waals surface area contributed by atoms with Gasteiger partial charge in [-0.3, -0.25) is 4.79 Å². The van der Waals surface area contributed by atoms with E-state index >= 15 is 0 Å². The van der Waals surface area contributed by atoms with Crippen LogP contribution in [-0.4, -0.2) is 40.3 Å². The average Bonchev–Trinajstić information content (AvgIpc) is 2.83. The van der Waals surface area contributed by atoms with E-state index in [4.69, 9.17) is 9.84 Å². The maximum Gasteiger partial charge on any atom is 0.408 e. The van der Waals surface area contributed by atoms with E-state index in [1.54, 1.807) is 32.3 Å². The van der Waals surface area contributed by atoms with Gasteiger partial charge in [-0.25, -0.2) is 9.78 Å². The Kier molecular flexibility index (Phi) is 5.90. The molecule has 0 aliphatic heterocycles. The summed E-state index contributed by atoms with van der Waals surface area (Å²) >= 11 is 1.41. The first-order chi connectivity index (χ1) is 9.31. The SMILES string of the molecule is CC(C)(C)OC(=O)N[C@@H](CO)C(=O)NCc1nccs1. The van der Waals surface area contributed by atoms with Crippen LogP contribution in [0.3, 0.4) is 0 Å². The number of nitrogens with one attached hydrogen (secondary N) is 2. The second-order valence-corrected chi connectivity index (χ2v) is 6.00. The third kappa shape index (κ3) is 5.98. The van der Waals surface area contributed by atoms with Crippen LogP contribution in [0.1, 0.15) is 25.8 Å². The van der Waals surface area contributed by atoms with E-state index in [0.717, 1.165) is 5.01 Å². The van der Waals surface area contributed by atoms with Gasteiger partial charge < -0.3 is 20.5 Å². The maximum absolute atomic E-state index is 11.8. The van der Waals surface area contributed by atoms with Gasteiger partial charge in [-0.2, -0.15) is 0 Å². The van der Waals surface area contributed by atoms with E-state index in [2.05, 4.69) is 15.6 Å². The molecule has 112 valence electrons. The first kappa shape index (κ1) is 16.4. The number of alkyl carbamates (subject to hydrolysis) is 1. The van der Waals surface area contributed by atoms with Crippen molar-refractivity contribution < 1.29 is 19.4 Å². The molecule has 0 radical (unpaired) electrons. The molecule has 0 saturated carbocycles. The number of carbonyl (C=O) groups is 2. The fourth-order valence-corrected chi connectivity index (χ4v) is 1.83. The van der Waals surface area contributed by atoms with Gasteiger partial charge in [0.05, 0.1) is 13.2 Å². The Morgan fingerprint density at radius 1 is 1.50 bits per heavy atom. The second kappa shape index (κ2) is 7.20. The van der Waals surface area contributed by atoms with Gasteiger partial charge in [-0.05, 0) is 20.8 Å². The zero-order valence-electron chi connectivity index (χ0n) is 11.7. The van der Waals surface area contributed by atoms with Crippen LogP contribution < -0.4 is 10.6 Å². The average molecular weight is 301 g/mol. The number of carbonyl (C=O) groups excluding carboxylic acids is 2. The number of nitrogens with zero attached hydrogens (tertiary/aromatic N) is 1. The van der Waals surface area contributed by atoms with Crippen molar-refractivity contribution >= 4 is 23.3 Å². The lowest BCUT2D eigenvalue weighted by atomic mass is 10.2. The van der Waals surface area contributed by atoms with Crippen molar-refractivity contribution in [3.8, 4) is 0 Å². The van der Waals surface area contributed by atoms with Crippen molar-refractivity contribution in [1.29, 1.82) is 0 Å². The summed E-state index contributed by atoms with van der Waals surface area (Å²) in [7, 11) is 0. The number of hydrogen-bond acceptors (Lipinski definition) is 6. The van der Waals surface area contributed by atoms with Crippen molar-refractivity contribution in [2.24, 2.45) is 0 Å². The topological polar surface area (TPSA) is 101 Å². The summed E-state index contributed by atoms with van der Waals surface area (Å²) in [5.74, 6) is -0.492. The molecule has 2 amide bonds. The van der Waals surface area contributed by atoms with Gasteiger partial charge in [0.15, 0.2) is 0 Å². The number of aliphatic hydroxyl groups is 1. The normalized spacial score (nSPS) is 12.6. The first-order valence-corrected chi connectivity index (χ1v) is 6.96. The summed E-state index contributed by atoms with van der Waals surface area (Å²) in [5.41, 5.74) is -0.665. The van der Waals surface area contributed by atoms with Crippen LogP contribution in [0.15, 0.2) is 11.6 Å². The first-order valence-electron chi connectivity index (χ1n) is 6.08. The number of thiazole rings is 1. The molecule has 0 aromatic carbocycles. The highest BCUT2D eigenvalue weighted by molar-refractivity contribution is 7.09. The highest BCUT2D eigenvalue weighted by Crippen LogP contribution is 2.07. The molecular weight excluding hydrogens is 282 g/mol. The zero-order valence-corrected chi connectivity index (χ0v) is 12.5. The Morgan fingerprint density at radius 2 is 2.20 bits per heavy atom. The Morgan fingerprint density at radius 3 is 2.70 bits per heavy atom. The molecule has 8 heteroatoms. The number of rotatable bonds is 5. The number of hydrogen-bond donors (Lipinski definition) is 3. The summed E-state index contributed by atoms with van der Waals surface area (Å²) in [6.07, 6.45) is 0.884. The van der Waals surface area contributed by atoms with Gasteiger partial charge in [0.1, 0.15) is 16.7 Å². The van der Waals surface area contributed by atoms with Gasteiger partial charge in [-0.15, -0.1) is 11.3 Å². The third-order valence-electron chi connectivity index (χ3n) is 2.09. The summed E-state index contributed by atoms with van der Waals surface area (Å²) in [6.45, 7) is 4.88. The molecule has 0 spiro atoms. The standard InChI is InChI=1S/C12H19N3O4S/c1-12(2,3)19-11(18)15-8(7-16)10(17)14-6-9-13-4-5-20-9/h4-5,8,16H,6-7H2,1-3H3,(H,14,17)(H,15,18)/t8-/m0/s1. The van der Waals surface area contributed by atoms with Gasteiger partial charge in [0.25, 0.3) is 0 Å². The highest BCUT2D eigenvalue weighted by atomic mass is 32.1. The molecule has 1 heterocycles. The van der Waals surface area contributed by atoms with Gasteiger partial charge in [-0.1, -0.05) is 0 Å². The second-order valence-electron chi connectivity index (χ2n) is 5.03. The molecule has 20 heavy (non-hydrogen) atoms. The van der Waals surface area contributed by atoms with Crippen LogP contribution in [0, 0.1) is 0 Å². The van der Waals surface area contributed by atoms with Crippen LogP contribution in [0.2, 0.25) is 0 Å². The largest absolute Gasteiger partial charge is 0.444 e. The molecule has 0 saturated heterocycles. The maximum atomic E-state index is 11.8. The van der Waals surface area contributed by atoms with Crippen molar-refractivity contribution in [2.45, 2.75) is 39.0 Å². The van der Waals surface area contributed by atoms with Crippen LogP contribution in [-0.2, 0) is 16.1 Å². The summed E-state index contributed by atoms with van der Waals surface area (Å²) < 4.78 is 5.02. The highest BCUT2D eigenvalue weighted by Gasteiger charge is 2.23. The van der Waals surface area contributed by atoms with Gasteiger partial charge >= 0.3 is 6.09 Å². The number of ether oxygens (including phenoxy) is 1. The Hall–Kier alpha value is -1.67. The molecule has 7 nitrogen and oxygen atoms in total. The fraction of sp³-hybridized carbons (Fsp3) is 0.583. The van der Waals surface area contributed by atoms with E-state index < -0.39 is 30.3 Å². The van der Waals surface area contributed by atoms with Crippen LogP contribution in [0.4, 0.5) is 4.79 Å². The number of aliphatic hydroxyl groups excluding tert-OH is 1. The summed E-state index contributed by atoms with van der Waals surface area (Å²) in [5, 5.41) is 16.6. The summed E-state index contributed by atoms with van der Waals surface area (Å²) in [6, 6.07) is -1.05. The zero-order chi connectivity index (χ0) is 15.2. The molecule has 0 aliphatic rings. The van der Waals surface area contributed by atoms with Crippen molar-refractivity contribution in [3.63, 3.8) is 0 Å². The molecule has 1 rings (SSSR count). The molecule has 0 aliphatic carbocycles. The lowest BCUT2D eigenvalue weighted by molar-refractivity contribution is -0.124. The lowest BCUT2D eigenvalue weighted by Gasteiger charge is -2.22. The summed E-state index contributed by atoms with van der Waals surface area (Å²) in [4.78, 5) is 27.3. The molecule has 0 unspecified atom stereocenters. The molecule has 1 atom stereocenters. The van der Waals surface area contributed by atoms with Crippen molar-refractivity contribution in [3.05, 3.63) is 16.6 Å². The van der Waals surface area contributed by atoms with E-state index in [1.807, 2.05) is 0 Å². The number of aromatic nitrogens is 1. The molecule has 0 bridgehead atoms. The van der Waals surface area contributed by atoms with E-state index in [-0.39, 0.29) is 6.54 Å². The number of amides is 2. The predicted octanol–water partition coefficient (Wildman–Crippen LogP) is 0.645. The Bertz CT molecular complexity index is 442. The Balaban J connectivity index is 2.44. The van der Waals surface area contributed by atoms with E-state index in [1.165, 1.54) is 11.3 Å². The van der Waals surface area contributed by atoms with Crippen molar-refractivity contribution in [1.82, 2.24) is 15.6 Å². The monoisotopic (exact) mass is 301 g/mol. The minimum absolute atomic E-state index is 0.253. The molecule has 1 aromatic rings. The Labute approximate surface area is 121 Å². The van der Waals surface area contributed by atoms with Crippen LogP contribution >= 0.6 is 11.3 Å². The third-order valence-corrected chi connectivity index (χ3v) is 2.87. The molecule has 1 aromatic heterocycles. The van der Waals surface area contributed by atoms with Crippen LogP contribution in [0.25, 0.3) is 0 Å². The van der Waals surface area contributed by atoms with E-state index in [0.29, 0.717) is 0 Å². The smallest absolute Gasteiger partial charge is 0.408 e. The van der Waals surface area contributed by atoms with Crippen LogP contribution in [0.5, 0.6) is 0 Å². The fourth-order valence-electron chi connectivity index (χ4n) is 1.27. The minimum Gasteiger partial charge on any atom is -0.444 e. The molecular formula is C12H19N3O4S. The van der Waals surface area contributed by atoms with Gasteiger partial charge in [0.2, 0.25) is 5.91 Å². The molecule has 3 N–H and O–H groups in total. The quantitative estimate of drug-likeness (QED) is 0.741.